The molecule has 0 spiro atoms. The van der Waals surface area contributed by atoms with Crippen LogP contribution in [-0.4, -0.2) is 37.3 Å². The summed E-state index contributed by atoms with van der Waals surface area (Å²) in [6.07, 6.45) is -2.98. The number of anilines is 1. The first-order valence-corrected chi connectivity index (χ1v) is 7.66. The molecule has 1 aromatic rings. The fourth-order valence-corrected chi connectivity index (χ4v) is 3.16. The fraction of sp³-hybridized carbons (Fsp3) is 0.538. The highest BCUT2D eigenvalue weighted by atomic mass is 79.9. The van der Waals surface area contributed by atoms with Crippen LogP contribution in [0.3, 0.4) is 0 Å². The molecule has 1 aromatic heterocycles. The summed E-state index contributed by atoms with van der Waals surface area (Å²) in [6, 6.07) is 0. The lowest BCUT2D eigenvalue weighted by Crippen LogP contribution is -2.39. The van der Waals surface area contributed by atoms with Gasteiger partial charge in [-0.05, 0) is 28.8 Å². The Kier molecular flexibility index (Phi) is 5.21. The molecule has 0 saturated carbocycles. The van der Waals surface area contributed by atoms with Crippen molar-refractivity contribution in [2.24, 2.45) is 5.92 Å². The average molecular weight is 402 g/mol. The van der Waals surface area contributed by atoms with E-state index in [0.717, 1.165) is 0 Å². The highest BCUT2D eigenvalue weighted by Gasteiger charge is 2.41. The van der Waals surface area contributed by atoms with Crippen LogP contribution >= 0.6 is 27.5 Å². The monoisotopic (exact) mass is 400 g/mol. The highest BCUT2D eigenvalue weighted by Crippen LogP contribution is 2.40. The Labute approximate surface area is 138 Å². The molecule has 0 unspecified atom stereocenters. The summed E-state index contributed by atoms with van der Waals surface area (Å²) < 4.78 is 43.3. The van der Waals surface area contributed by atoms with Gasteiger partial charge in [0.2, 0.25) is 0 Å². The minimum atomic E-state index is -4.19. The Balaban J connectivity index is 2.30. The Morgan fingerprint density at radius 3 is 2.55 bits per heavy atom. The number of methoxy groups -OCH3 is 1. The van der Waals surface area contributed by atoms with Crippen molar-refractivity contribution >= 4 is 39.2 Å². The van der Waals surface area contributed by atoms with Crippen LogP contribution < -0.4 is 4.90 Å². The van der Waals surface area contributed by atoms with Crippen molar-refractivity contribution in [3.63, 3.8) is 0 Å². The second kappa shape index (κ2) is 6.62. The van der Waals surface area contributed by atoms with Crippen molar-refractivity contribution in [3.8, 4) is 0 Å². The third-order valence-electron chi connectivity index (χ3n) is 3.63. The Morgan fingerprint density at radius 2 is 2.05 bits per heavy atom. The molecule has 4 nitrogen and oxygen atoms in total. The molecule has 9 heteroatoms. The van der Waals surface area contributed by atoms with E-state index < -0.39 is 18.1 Å². The molecule has 22 heavy (non-hydrogen) atoms. The molecular weight excluding hydrogens is 389 g/mol. The quantitative estimate of drug-likeness (QED) is 0.554. The number of esters is 1. The number of nitrogens with zero attached hydrogens (tertiary/aromatic N) is 2. The number of hydrogen-bond donors (Lipinski definition) is 0. The van der Waals surface area contributed by atoms with E-state index in [4.69, 9.17) is 11.6 Å². The molecule has 1 fully saturated rings. The third-order valence-corrected chi connectivity index (χ3v) is 4.90. The molecule has 122 valence electrons. The van der Waals surface area contributed by atoms with Gasteiger partial charge in [0, 0.05) is 19.3 Å². The first-order chi connectivity index (χ1) is 10.3. The number of aromatic nitrogens is 1. The summed E-state index contributed by atoms with van der Waals surface area (Å²) in [7, 11) is 1.23. The van der Waals surface area contributed by atoms with Crippen LogP contribution in [0.5, 0.6) is 0 Å². The third kappa shape index (κ3) is 3.48. The number of pyridine rings is 1. The van der Waals surface area contributed by atoms with Gasteiger partial charge in [0.15, 0.2) is 0 Å². The number of carbonyl (C=O) groups excluding carboxylic acids is 1. The van der Waals surface area contributed by atoms with Gasteiger partial charge in [-0.2, -0.15) is 13.2 Å². The summed E-state index contributed by atoms with van der Waals surface area (Å²) in [4.78, 5) is 17.4. The maximum Gasteiger partial charge on any atom is 0.391 e. The molecular formula is C13H13BrClF3N2O2. The van der Waals surface area contributed by atoms with Gasteiger partial charge < -0.3 is 9.64 Å². The molecule has 0 bridgehead atoms. The van der Waals surface area contributed by atoms with Gasteiger partial charge in [0.05, 0.1) is 23.2 Å². The van der Waals surface area contributed by atoms with Gasteiger partial charge in [-0.1, -0.05) is 11.6 Å². The molecule has 2 heterocycles. The minimum absolute atomic E-state index is 0.0313. The predicted molar refractivity (Wildman–Crippen MR) is 79.3 cm³/mol. The van der Waals surface area contributed by atoms with Crippen LogP contribution in [0.15, 0.2) is 10.7 Å². The smallest absolute Gasteiger partial charge is 0.391 e. The van der Waals surface area contributed by atoms with E-state index in [1.165, 1.54) is 13.3 Å². The van der Waals surface area contributed by atoms with Gasteiger partial charge in [-0.15, -0.1) is 0 Å². The number of piperidine rings is 1. The molecule has 0 amide bonds. The van der Waals surface area contributed by atoms with Crippen LogP contribution in [0.2, 0.25) is 5.15 Å². The minimum Gasteiger partial charge on any atom is -0.465 e. The SMILES string of the molecule is COC(=O)c1cnc(Cl)c(Br)c1N1CCC(C(F)(F)F)CC1. The van der Waals surface area contributed by atoms with Gasteiger partial charge in [0.25, 0.3) is 0 Å². The lowest BCUT2D eigenvalue weighted by molar-refractivity contribution is -0.179. The van der Waals surface area contributed by atoms with Crippen LogP contribution in [0.1, 0.15) is 23.2 Å². The van der Waals surface area contributed by atoms with Gasteiger partial charge in [0.1, 0.15) is 10.7 Å². The van der Waals surface area contributed by atoms with E-state index in [0.29, 0.717) is 10.2 Å². The Hall–Kier alpha value is -1.02. The van der Waals surface area contributed by atoms with Crippen LogP contribution in [0, 0.1) is 5.92 Å². The molecule has 0 aliphatic carbocycles. The summed E-state index contributed by atoms with van der Waals surface area (Å²) in [5.41, 5.74) is 0.594. The van der Waals surface area contributed by atoms with Crippen molar-refractivity contribution in [2.75, 3.05) is 25.1 Å². The first-order valence-electron chi connectivity index (χ1n) is 6.49. The lowest BCUT2D eigenvalue weighted by atomic mass is 9.95. The lowest BCUT2D eigenvalue weighted by Gasteiger charge is -2.35. The first kappa shape index (κ1) is 17.3. The highest BCUT2D eigenvalue weighted by molar-refractivity contribution is 9.10. The summed E-state index contributed by atoms with van der Waals surface area (Å²) in [5, 5.41) is 0.139. The van der Waals surface area contributed by atoms with Gasteiger partial charge in [-0.25, -0.2) is 9.78 Å². The largest absolute Gasteiger partial charge is 0.465 e. The van der Waals surface area contributed by atoms with Crippen molar-refractivity contribution in [2.45, 2.75) is 19.0 Å². The van der Waals surface area contributed by atoms with Crippen molar-refractivity contribution in [3.05, 3.63) is 21.4 Å². The average Bonchev–Trinajstić information content (AvgIpc) is 2.48. The van der Waals surface area contributed by atoms with Gasteiger partial charge in [-0.3, -0.25) is 0 Å². The Bertz CT molecular complexity index is 575. The normalized spacial score (nSPS) is 16.7. The predicted octanol–water partition coefficient (Wildman–Crippen LogP) is 4.06. The number of rotatable bonds is 2. The van der Waals surface area contributed by atoms with E-state index in [2.05, 4.69) is 25.7 Å². The topological polar surface area (TPSA) is 42.4 Å². The van der Waals surface area contributed by atoms with E-state index in [9.17, 15) is 18.0 Å². The zero-order valence-electron chi connectivity index (χ0n) is 11.6. The molecule has 0 N–H and O–H groups in total. The number of hydrogen-bond acceptors (Lipinski definition) is 4. The van der Waals surface area contributed by atoms with Crippen LogP contribution in [-0.2, 0) is 4.74 Å². The molecule has 1 aliphatic rings. The zero-order chi connectivity index (χ0) is 16.5. The van der Waals surface area contributed by atoms with Crippen molar-refractivity contribution in [1.82, 2.24) is 4.98 Å². The number of halogens is 5. The second-order valence-electron chi connectivity index (χ2n) is 4.92. The van der Waals surface area contributed by atoms with E-state index in [1.54, 1.807) is 4.90 Å². The van der Waals surface area contributed by atoms with Crippen LogP contribution in [0.25, 0.3) is 0 Å². The van der Waals surface area contributed by atoms with E-state index >= 15 is 0 Å². The summed E-state index contributed by atoms with van der Waals surface area (Å²) in [5.74, 6) is -1.93. The summed E-state index contributed by atoms with van der Waals surface area (Å²) in [6.45, 7) is 0.347. The molecule has 0 aromatic carbocycles. The second-order valence-corrected chi connectivity index (χ2v) is 6.07. The van der Waals surface area contributed by atoms with Gasteiger partial charge >= 0.3 is 12.1 Å². The molecule has 1 saturated heterocycles. The van der Waals surface area contributed by atoms with E-state index in [-0.39, 0.29) is 36.6 Å². The number of alkyl halides is 3. The van der Waals surface area contributed by atoms with Crippen molar-refractivity contribution in [1.29, 1.82) is 0 Å². The Morgan fingerprint density at radius 1 is 1.45 bits per heavy atom. The van der Waals surface area contributed by atoms with Crippen LogP contribution in [0.4, 0.5) is 18.9 Å². The number of carbonyl (C=O) groups is 1. The summed E-state index contributed by atoms with van der Waals surface area (Å²) >= 11 is 9.19. The maximum absolute atomic E-state index is 12.7. The standard InChI is InChI=1S/C13H13BrClF3N2O2/c1-22-12(21)8-6-19-11(15)9(14)10(8)20-4-2-7(3-5-20)13(16,17)18/h6-7H,2-5H2,1H3. The van der Waals surface area contributed by atoms with E-state index in [1.807, 2.05) is 0 Å². The molecule has 2 rings (SSSR count). The molecule has 0 atom stereocenters. The fourth-order valence-electron chi connectivity index (χ4n) is 2.45. The zero-order valence-corrected chi connectivity index (χ0v) is 13.9. The number of ether oxygens (including phenoxy) is 1. The molecule has 1 aliphatic heterocycles. The van der Waals surface area contributed by atoms with Crippen molar-refractivity contribution < 1.29 is 22.7 Å². The molecule has 0 radical (unpaired) electrons. The maximum atomic E-state index is 12.7.